The van der Waals surface area contributed by atoms with Crippen LogP contribution in [0.5, 0.6) is 0 Å². The lowest BCUT2D eigenvalue weighted by molar-refractivity contribution is 0.402. The first-order valence-corrected chi connectivity index (χ1v) is 6.82. The van der Waals surface area contributed by atoms with Crippen molar-refractivity contribution in [2.45, 2.75) is 13.1 Å². The van der Waals surface area contributed by atoms with Crippen LogP contribution >= 0.6 is 11.3 Å². The lowest BCUT2D eigenvalue weighted by Crippen LogP contribution is -2.10. The van der Waals surface area contributed by atoms with Crippen LogP contribution in [0.2, 0.25) is 0 Å². The highest BCUT2D eigenvalue weighted by Gasteiger charge is 2.01. The molecule has 18 heavy (non-hydrogen) atoms. The van der Waals surface area contributed by atoms with Gasteiger partial charge in [-0.05, 0) is 43.2 Å². The molecule has 2 aromatic rings. The number of hydrogen-bond donors (Lipinski definition) is 2. The number of thiophene rings is 1. The van der Waals surface area contributed by atoms with Gasteiger partial charge in [0.05, 0.1) is 6.54 Å². The van der Waals surface area contributed by atoms with Gasteiger partial charge in [-0.15, -0.1) is 11.3 Å². The molecule has 0 unspecified atom stereocenters. The summed E-state index contributed by atoms with van der Waals surface area (Å²) in [5.74, 6) is 0. The molecule has 0 aliphatic heterocycles. The van der Waals surface area contributed by atoms with Gasteiger partial charge < -0.3 is 16.0 Å². The molecule has 0 spiro atoms. The van der Waals surface area contributed by atoms with Gasteiger partial charge in [0.1, 0.15) is 0 Å². The van der Waals surface area contributed by atoms with Crippen LogP contribution in [-0.4, -0.2) is 19.0 Å². The molecular weight excluding hydrogens is 242 g/mol. The Labute approximate surface area is 112 Å². The Balaban J connectivity index is 1.99. The van der Waals surface area contributed by atoms with E-state index >= 15 is 0 Å². The molecule has 1 aromatic heterocycles. The van der Waals surface area contributed by atoms with Gasteiger partial charge in [0, 0.05) is 22.8 Å². The highest BCUT2D eigenvalue weighted by atomic mass is 32.1. The monoisotopic (exact) mass is 261 g/mol. The topological polar surface area (TPSA) is 41.3 Å². The lowest BCUT2D eigenvalue weighted by Gasteiger charge is -2.12. The standard InChI is InChI=1S/C14H19N3S/c1-17(2)10-11-4-3-5-12(8-11)16-9-14-13(15)6-7-18-14/h3-8,16H,9-10,15H2,1-2H3. The zero-order valence-electron chi connectivity index (χ0n) is 10.8. The second-order valence-electron chi connectivity index (χ2n) is 4.59. The van der Waals surface area contributed by atoms with E-state index in [1.54, 1.807) is 11.3 Å². The van der Waals surface area contributed by atoms with Gasteiger partial charge in [-0.1, -0.05) is 12.1 Å². The average Bonchev–Trinajstić information content (AvgIpc) is 2.72. The van der Waals surface area contributed by atoms with Gasteiger partial charge in [0.15, 0.2) is 0 Å². The van der Waals surface area contributed by atoms with Crippen LogP contribution < -0.4 is 11.1 Å². The van der Waals surface area contributed by atoms with E-state index in [2.05, 4.69) is 48.6 Å². The predicted octanol–water partition coefficient (Wildman–Crippen LogP) is 3.00. The fourth-order valence-electron chi connectivity index (χ4n) is 1.82. The van der Waals surface area contributed by atoms with Crippen molar-refractivity contribution in [3.8, 4) is 0 Å². The molecule has 0 amide bonds. The highest BCUT2D eigenvalue weighted by Crippen LogP contribution is 2.20. The largest absolute Gasteiger partial charge is 0.398 e. The predicted molar refractivity (Wildman–Crippen MR) is 79.9 cm³/mol. The van der Waals surface area contributed by atoms with E-state index in [9.17, 15) is 0 Å². The number of benzene rings is 1. The maximum absolute atomic E-state index is 5.86. The van der Waals surface area contributed by atoms with Crippen LogP contribution in [0.1, 0.15) is 10.4 Å². The van der Waals surface area contributed by atoms with Gasteiger partial charge in [0.2, 0.25) is 0 Å². The Bertz CT molecular complexity index is 505. The molecule has 1 aromatic carbocycles. The molecule has 0 radical (unpaired) electrons. The van der Waals surface area contributed by atoms with Gasteiger partial charge in [-0.3, -0.25) is 0 Å². The minimum Gasteiger partial charge on any atom is -0.398 e. The number of nitrogens with zero attached hydrogens (tertiary/aromatic N) is 1. The SMILES string of the molecule is CN(C)Cc1cccc(NCc2sccc2N)c1. The third kappa shape index (κ3) is 3.48. The minimum atomic E-state index is 0.787. The molecule has 0 atom stereocenters. The van der Waals surface area contributed by atoms with Crippen molar-refractivity contribution < 1.29 is 0 Å². The Hall–Kier alpha value is -1.52. The summed E-state index contributed by atoms with van der Waals surface area (Å²) >= 11 is 1.69. The Morgan fingerprint density at radius 1 is 1.28 bits per heavy atom. The third-order valence-corrected chi connectivity index (χ3v) is 3.60. The number of nitrogens with two attached hydrogens (primary N) is 1. The summed E-state index contributed by atoms with van der Waals surface area (Å²) in [4.78, 5) is 3.35. The summed E-state index contributed by atoms with van der Waals surface area (Å²) in [6.07, 6.45) is 0. The van der Waals surface area contributed by atoms with E-state index in [1.807, 2.05) is 11.4 Å². The first-order valence-electron chi connectivity index (χ1n) is 5.94. The van der Waals surface area contributed by atoms with E-state index in [1.165, 1.54) is 10.4 Å². The summed E-state index contributed by atoms with van der Waals surface area (Å²) < 4.78 is 0. The number of hydrogen-bond acceptors (Lipinski definition) is 4. The van der Waals surface area contributed by atoms with Gasteiger partial charge in [0.25, 0.3) is 0 Å². The summed E-state index contributed by atoms with van der Waals surface area (Å²) in [7, 11) is 4.15. The molecule has 0 bridgehead atoms. The summed E-state index contributed by atoms with van der Waals surface area (Å²) in [6, 6.07) is 10.4. The van der Waals surface area contributed by atoms with Crippen molar-refractivity contribution in [1.82, 2.24) is 4.90 Å². The van der Waals surface area contributed by atoms with E-state index in [0.29, 0.717) is 0 Å². The Morgan fingerprint density at radius 2 is 2.11 bits per heavy atom. The quantitative estimate of drug-likeness (QED) is 0.869. The Morgan fingerprint density at radius 3 is 2.78 bits per heavy atom. The third-order valence-electron chi connectivity index (χ3n) is 2.66. The number of rotatable bonds is 5. The Kier molecular flexibility index (Phi) is 4.23. The molecule has 0 aliphatic carbocycles. The average molecular weight is 261 g/mol. The first-order chi connectivity index (χ1) is 8.65. The van der Waals surface area contributed by atoms with Crippen LogP contribution in [0.15, 0.2) is 35.7 Å². The van der Waals surface area contributed by atoms with Crippen LogP contribution in [-0.2, 0) is 13.1 Å². The highest BCUT2D eigenvalue weighted by molar-refractivity contribution is 7.10. The van der Waals surface area contributed by atoms with Crippen LogP contribution in [0, 0.1) is 0 Å². The summed E-state index contributed by atoms with van der Waals surface area (Å²) in [5.41, 5.74) is 9.19. The molecule has 0 saturated carbocycles. The number of nitrogens with one attached hydrogen (secondary N) is 1. The first kappa shape index (κ1) is 12.9. The zero-order chi connectivity index (χ0) is 13.0. The second kappa shape index (κ2) is 5.89. The maximum Gasteiger partial charge on any atom is 0.0514 e. The van der Waals surface area contributed by atoms with Gasteiger partial charge in [-0.25, -0.2) is 0 Å². The van der Waals surface area contributed by atoms with E-state index < -0.39 is 0 Å². The zero-order valence-corrected chi connectivity index (χ0v) is 11.6. The molecule has 3 N–H and O–H groups in total. The smallest absolute Gasteiger partial charge is 0.0514 e. The van der Waals surface area contributed by atoms with E-state index in [4.69, 9.17) is 5.73 Å². The summed E-state index contributed by atoms with van der Waals surface area (Å²) in [5, 5.41) is 5.44. The number of anilines is 2. The summed E-state index contributed by atoms with van der Waals surface area (Å²) in [6.45, 7) is 1.74. The maximum atomic E-state index is 5.86. The van der Waals surface area contributed by atoms with E-state index in [0.717, 1.165) is 24.5 Å². The van der Waals surface area contributed by atoms with Crippen molar-refractivity contribution in [1.29, 1.82) is 0 Å². The second-order valence-corrected chi connectivity index (χ2v) is 5.59. The van der Waals surface area contributed by atoms with Crippen LogP contribution in [0.25, 0.3) is 0 Å². The molecule has 1 heterocycles. The molecular formula is C14H19N3S. The molecule has 0 saturated heterocycles. The van der Waals surface area contributed by atoms with Crippen LogP contribution in [0.4, 0.5) is 11.4 Å². The molecule has 96 valence electrons. The fraction of sp³-hybridized carbons (Fsp3) is 0.286. The van der Waals surface area contributed by atoms with Crippen molar-refractivity contribution >= 4 is 22.7 Å². The van der Waals surface area contributed by atoms with Crippen molar-refractivity contribution in [3.63, 3.8) is 0 Å². The normalized spacial score (nSPS) is 10.8. The molecule has 2 rings (SSSR count). The molecule has 0 aliphatic rings. The minimum absolute atomic E-state index is 0.787. The molecule has 0 fully saturated rings. The van der Waals surface area contributed by atoms with Crippen molar-refractivity contribution in [2.75, 3.05) is 25.1 Å². The number of nitrogen functional groups attached to an aromatic ring is 1. The molecule has 3 nitrogen and oxygen atoms in total. The fourth-order valence-corrected chi connectivity index (χ4v) is 2.56. The van der Waals surface area contributed by atoms with Crippen LogP contribution in [0.3, 0.4) is 0 Å². The van der Waals surface area contributed by atoms with Crippen molar-refractivity contribution in [3.05, 3.63) is 46.2 Å². The van der Waals surface area contributed by atoms with Gasteiger partial charge in [-0.2, -0.15) is 0 Å². The molecule has 4 heteroatoms. The lowest BCUT2D eigenvalue weighted by atomic mass is 10.2. The van der Waals surface area contributed by atoms with Gasteiger partial charge >= 0.3 is 0 Å². The van der Waals surface area contributed by atoms with Crippen molar-refractivity contribution in [2.24, 2.45) is 0 Å². The van der Waals surface area contributed by atoms with E-state index in [-0.39, 0.29) is 0 Å².